The van der Waals surface area contributed by atoms with Crippen molar-refractivity contribution in [1.82, 2.24) is 4.98 Å². The fraction of sp³-hybridized carbons (Fsp3) is 0.538. The van der Waals surface area contributed by atoms with Crippen LogP contribution in [0.1, 0.15) is 26.7 Å². The van der Waals surface area contributed by atoms with Crippen molar-refractivity contribution >= 4 is 17.5 Å². The summed E-state index contributed by atoms with van der Waals surface area (Å²) in [6.45, 7) is 4.37. The van der Waals surface area contributed by atoms with Gasteiger partial charge in [0.25, 0.3) is 0 Å². The summed E-state index contributed by atoms with van der Waals surface area (Å²) < 4.78 is 0. The molecule has 0 bridgehead atoms. The molecule has 0 aliphatic carbocycles. The van der Waals surface area contributed by atoms with E-state index in [1.807, 2.05) is 13.8 Å². The van der Waals surface area contributed by atoms with Gasteiger partial charge in [-0.25, -0.2) is 4.98 Å². The highest BCUT2D eigenvalue weighted by Gasteiger charge is 2.18. The maximum atomic E-state index is 10.9. The van der Waals surface area contributed by atoms with Crippen molar-refractivity contribution in [2.24, 2.45) is 11.8 Å². The topological polar surface area (TPSA) is 105 Å². The van der Waals surface area contributed by atoms with Crippen LogP contribution in [0.3, 0.4) is 0 Å². The molecule has 1 aromatic rings. The van der Waals surface area contributed by atoms with Crippen LogP contribution in [0.15, 0.2) is 18.3 Å². The quantitative estimate of drug-likeness (QED) is 0.560. The van der Waals surface area contributed by atoms with Crippen LogP contribution in [0.25, 0.3) is 0 Å². The van der Waals surface area contributed by atoms with Gasteiger partial charge in [-0.05, 0) is 24.3 Å². The first-order valence-electron chi connectivity index (χ1n) is 6.45. The van der Waals surface area contributed by atoms with E-state index in [1.165, 1.54) is 18.3 Å². The molecule has 7 nitrogen and oxygen atoms in total. The van der Waals surface area contributed by atoms with Crippen LogP contribution in [0, 0.1) is 22.0 Å². The number of pyridine rings is 1. The van der Waals surface area contributed by atoms with Gasteiger partial charge in [0.15, 0.2) is 0 Å². The van der Waals surface area contributed by atoms with E-state index in [9.17, 15) is 14.9 Å². The van der Waals surface area contributed by atoms with E-state index in [2.05, 4.69) is 10.3 Å². The number of nitro groups is 1. The molecule has 7 heteroatoms. The standard InChI is InChI=1S/C13H19N3O4/c1-9(2)6-10(7-12(17)18)8-15-13-11(16(19)20)4-3-5-14-13/h3-5,9-10H,6-8H2,1-2H3,(H,14,15)(H,17,18). The minimum absolute atomic E-state index is 0.0335. The molecule has 1 unspecified atom stereocenters. The van der Waals surface area contributed by atoms with Gasteiger partial charge in [0.1, 0.15) is 0 Å². The normalized spacial score (nSPS) is 12.2. The van der Waals surface area contributed by atoms with Crippen molar-refractivity contribution in [2.45, 2.75) is 26.7 Å². The Balaban J connectivity index is 2.71. The third kappa shape index (κ3) is 5.21. The molecule has 110 valence electrons. The van der Waals surface area contributed by atoms with E-state index in [0.29, 0.717) is 12.5 Å². The van der Waals surface area contributed by atoms with Gasteiger partial charge >= 0.3 is 11.7 Å². The lowest BCUT2D eigenvalue weighted by atomic mass is 9.94. The molecule has 1 heterocycles. The molecule has 0 fully saturated rings. The van der Waals surface area contributed by atoms with Gasteiger partial charge < -0.3 is 10.4 Å². The predicted octanol–water partition coefficient (Wildman–Crippen LogP) is 2.54. The van der Waals surface area contributed by atoms with Crippen LogP contribution in [-0.4, -0.2) is 27.5 Å². The van der Waals surface area contributed by atoms with E-state index in [4.69, 9.17) is 5.11 Å². The molecule has 0 amide bonds. The van der Waals surface area contributed by atoms with Crippen molar-refractivity contribution < 1.29 is 14.8 Å². The van der Waals surface area contributed by atoms with E-state index in [1.54, 1.807) is 0 Å². The molecule has 1 aromatic heterocycles. The maximum absolute atomic E-state index is 10.9. The van der Waals surface area contributed by atoms with E-state index in [0.717, 1.165) is 6.42 Å². The minimum atomic E-state index is -0.868. The second-order valence-corrected chi connectivity index (χ2v) is 5.10. The molecule has 1 rings (SSSR count). The molecular weight excluding hydrogens is 262 g/mol. The zero-order chi connectivity index (χ0) is 15.1. The molecule has 0 radical (unpaired) electrons. The monoisotopic (exact) mass is 281 g/mol. The number of aliphatic carboxylic acids is 1. The molecule has 1 atom stereocenters. The average Bonchev–Trinajstić information content (AvgIpc) is 2.34. The number of anilines is 1. The first-order valence-corrected chi connectivity index (χ1v) is 6.45. The number of nitrogens with zero attached hydrogens (tertiary/aromatic N) is 2. The minimum Gasteiger partial charge on any atom is -0.481 e. The maximum Gasteiger partial charge on any atom is 0.311 e. The first-order chi connectivity index (χ1) is 9.40. The summed E-state index contributed by atoms with van der Waals surface area (Å²) in [6.07, 6.45) is 2.23. The summed E-state index contributed by atoms with van der Waals surface area (Å²) in [5.41, 5.74) is -0.105. The Morgan fingerprint density at radius 2 is 2.25 bits per heavy atom. The van der Waals surface area contributed by atoms with Gasteiger partial charge in [0.2, 0.25) is 5.82 Å². The molecule has 0 aliphatic heterocycles. The predicted molar refractivity (Wildman–Crippen MR) is 74.6 cm³/mol. The van der Waals surface area contributed by atoms with Crippen molar-refractivity contribution in [3.05, 3.63) is 28.4 Å². The van der Waals surface area contributed by atoms with Gasteiger partial charge in [-0.1, -0.05) is 13.8 Å². The number of rotatable bonds is 8. The molecule has 0 saturated heterocycles. The Hall–Kier alpha value is -2.18. The Kier molecular flexibility index (Phi) is 5.89. The Bertz CT molecular complexity index is 476. The number of carbonyl (C=O) groups is 1. The third-order valence-corrected chi connectivity index (χ3v) is 2.81. The lowest BCUT2D eigenvalue weighted by Crippen LogP contribution is -2.20. The average molecular weight is 281 g/mol. The van der Waals surface area contributed by atoms with Crippen molar-refractivity contribution in [3.8, 4) is 0 Å². The SMILES string of the molecule is CC(C)CC(CNc1ncccc1[N+](=O)[O-])CC(=O)O. The van der Waals surface area contributed by atoms with Crippen molar-refractivity contribution in [2.75, 3.05) is 11.9 Å². The molecule has 0 spiro atoms. The summed E-state index contributed by atoms with van der Waals surface area (Å²) in [5, 5.41) is 22.6. The molecule has 20 heavy (non-hydrogen) atoms. The zero-order valence-electron chi connectivity index (χ0n) is 11.6. The van der Waals surface area contributed by atoms with E-state index < -0.39 is 10.9 Å². The van der Waals surface area contributed by atoms with Gasteiger partial charge in [-0.15, -0.1) is 0 Å². The Labute approximate surface area is 117 Å². The summed E-state index contributed by atoms with van der Waals surface area (Å²) in [7, 11) is 0. The number of carboxylic acid groups (broad SMARTS) is 1. The van der Waals surface area contributed by atoms with E-state index >= 15 is 0 Å². The fourth-order valence-electron chi connectivity index (χ4n) is 2.07. The third-order valence-electron chi connectivity index (χ3n) is 2.81. The van der Waals surface area contributed by atoms with Crippen LogP contribution in [0.2, 0.25) is 0 Å². The Morgan fingerprint density at radius 3 is 2.80 bits per heavy atom. The van der Waals surface area contributed by atoms with E-state index in [-0.39, 0.29) is 23.8 Å². The molecule has 2 N–H and O–H groups in total. The summed E-state index contributed by atoms with van der Waals surface area (Å²) >= 11 is 0. The molecule has 0 aromatic carbocycles. The van der Waals surface area contributed by atoms with Gasteiger partial charge in [0.05, 0.1) is 4.92 Å². The number of carboxylic acids is 1. The smallest absolute Gasteiger partial charge is 0.311 e. The second-order valence-electron chi connectivity index (χ2n) is 5.10. The second kappa shape index (κ2) is 7.42. The first kappa shape index (κ1) is 15.9. The number of hydrogen-bond acceptors (Lipinski definition) is 5. The van der Waals surface area contributed by atoms with Crippen molar-refractivity contribution in [3.63, 3.8) is 0 Å². The van der Waals surface area contributed by atoms with Gasteiger partial charge in [-0.2, -0.15) is 0 Å². The lowest BCUT2D eigenvalue weighted by Gasteiger charge is -2.17. The number of nitrogens with one attached hydrogen (secondary N) is 1. The van der Waals surface area contributed by atoms with Crippen LogP contribution in [-0.2, 0) is 4.79 Å². The summed E-state index contributed by atoms with van der Waals surface area (Å²) in [5.74, 6) is -0.418. The van der Waals surface area contributed by atoms with Crippen LogP contribution in [0.5, 0.6) is 0 Å². The zero-order valence-corrected chi connectivity index (χ0v) is 11.6. The van der Waals surface area contributed by atoms with Gasteiger partial charge in [0, 0.05) is 25.2 Å². The van der Waals surface area contributed by atoms with Crippen LogP contribution in [0.4, 0.5) is 11.5 Å². The summed E-state index contributed by atoms with van der Waals surface area (Å²) in [4.78, 5) is 25.1. The van der Waals surface area contributed by atoms with Crippen molar-refractivity contribution in [1.29, 1.82) is 0 Å². The fourth-order valence-corrected chi connectivity index (χ4v) is 2.07. The number of hydrogen-bond donors (Lipinski definition) is 2. The lowest BCUT2D eigenvalue weighted by molar-refractivity contribution is -0.384. The Morgan fingerprint density at radius 1 is 1.55 bits per heavy atom. The van der Waals surface area contributed by atoms with Gasteiger partial charge in [-0.3, -0.25) is 14.9 Å². The largest absolute Gasteiger partial charge is 0.481 e. The number of aromatic nitrogens is 1. The molecular formula is C13H19N3O4. The highest BCUT2D eigenvalue weighted by molar-refractivity contribution is 5.67. The summed E-state index contributed by atoms with van der Waals surface area (Å²) in [6, 6.07) is 2.86. The molecule has 0 aliphatic rings. The highest BCUT2D eigenvalue weighted by Crippen LogP contribution is 2.22. The molecule has 0 saturated carbocycles. The highest BCUT2D eigenvalue weighted by atomic mass is 16.6. The van der Waals surface area contributed by atoms with Crippen LogP contribution < -0.4 is 5.32 Å². The van der Waals surface area contributed by atoms with Crippen LogP contribution >= 0.6 is 0 Å².